The van der Waals surface area contributed by atoms with Crippen LogP contribution in [0.4, 0.5) is 0 Å². The number of aliphatic carboxylic acids is 1. The van der Waals surface area contributed by atoms with Gasteiger partial charge in [0.15, 0.2) is 0 Å². The predicted molar refractivity (Wildman–Crippen MR) is 113 cm³/mol. The summed E-state index contributed by atoms with van der Waals surface area (Å²) in [5.74, 6) is 1.41. The maximum atomic E-state index is 12.9. The number of methoxy groups -OCH3 is 1. The molecule has 0 aromatic rings. The van der Waals surface area contributed by atoms with Crippen molar-refractivity contribution in [1.29, 1.82) is 0 Å². The number of hydrogen-bond donors (Lipinski definition) is 1. The normalized spacial score (nSPS) is 35.4. The number of hydrazone groups is 1. The van der Waals surface area contributed by atoms with E-state index in [2.05, 4.69) is 13.8 Å². The molecule has 2 fully saturated rings. The molecule has 2 saturated carbocycles. The third kappa shape index (κ3) is 5.59. The van der Waals surface area contributed by atoms with E-state index in [4.69, 9.17) is 14.9 Å². The molecule has 164 valence electrons. The first kappa shape index (κ1) is 22.3. The zero-order chi connectivity index (χ0) is 21.0. The van der Waals surface area contributed by atoms with Gasteiger partial charge in [0.25, 0.3) is 0 Å². The highest BCUT2D eigenvalue weighted by Crippen LogP contribution is 2.40. The third-order valence-corrected chi connectivity index (χ3v) is 7.51. The number of rotatable bonds is 7. The van der Waals surface area contributed by atoms with Gasteiger partial charge in [0.05, 0.1) is 12.1 Å². The zero-order valence-corrected chi connectivity index (χ0v) is 18.3. The van der Waals surface area contributed by atoms with Crippen molar-refractivity contribution in [3.8, 4) is 0 Å². The quantitative estimate of drug-likeness (QED) is 0.676. The lowest BCUT2D eigenvalue weighted by atomic mass is 9.74. The molecule has 2 aliphatic carbocycles. The van der Waals surface area contributed by atoms with Crippen molar-refractivity contribution in [2.45, 2.75) is 96.6 Å². The molecule has 4 atom stereocenters. The molecule has 0 spiro atoms. The summed E-state index contributed by atoms with van der Waals surface area (Å²) in [5, 5.41) is 15.5. The van der Waals surface area contributed by atoms with Crippen molar-refractivity contribution in [3.63, 3.8) is 0 Å². The summed E-state index contributed by atoms with van der Waals surface area (Å²) in [4.78, 5) is 23.8. The molecule has 0 aromatic heterocycles. The fourth-order valence-electron chi connectivity index (χ4n) is 5.50. The van der Waals surface area contributed by atoms with Crippen LogP contribution in [0.2, 0.25) is 0 Å². The number of amides is 1. The first-order valence-corrected chi connectivity index (χ1v) is 11.5. The Balaban J connectivity index is 1.70. The molecule has 0 aromatic carbocycles. The van der Waals surface area contributed by atoms with Gasteiger partial charge in [-0.2, -0.15) is 5.10 Å². The summed E-state index contributed by atoms with van der Waals surface area (Å²) < 4.78 is 5.71. The Kier molecular flexibility index (Phi) is 7.72. The minimum atomic E-state index is -0.844. The van der Waals surface area contributed by atoms with Crippen LogP contribution in [-0.4, -0.2) is 47.0 Å². The number of carboxylic acid groups (broad SMARTS) is 1. The fraction of sp³-hybridized carbons (Fsp3) is 0.870. The minimum Gasteiger partial charge on any atom is -0.481 e. The van der Waals surface area contributed by atoms with E-state index in [1.165, 1.54) is 18.6 Å². The minimum absolute atomic E-state index is 0.00246. The van der Waals surface area contributed by atoms with Crippen LogP contribution in [0.1, 0.15) is 84.5 Å². The second kappa shape index (κ2) is 10.1. The van der Waals surface area contributed by atoms with Gasteiger partial charge < -0.3 is 9.84 Å². The molecule has 1 amide bonds. The molecule has 6 nitrogen and oxygen atoms in total. The molecule has 1 heterocycles. The predicted octanol–water partition coefficient (Wildman–Crippen LogP) is 4.48. The highest BCUT2D eigenvalue weighted by Gasteiger charge is 2.41. The van der Waals surface area contributed by atoms with Crippen LogP contribution in [0.25, 0.3) is 0 Å². The van der Waals surface area contributed by atoms with Crippen molar-refractivity contribution in [2.75, 3.05) is 7.11 Å². The van der Waals surface area contributed by atoms with Crippen LogP contribution in [0.3, 0.4) is 0 Å². The van der Waals surface area contributed by atoms with Gasteiger partial charge in [-0.15, -0.1) is 0 Å². The molecule has 1 aliphatic heterocycles. The van der Waals surface area contributed by atoms with Gasteiger partial charge in [0, 0.05) is 38.0 Å². The largest absolute Gasteiger partial charge is 0.481 e. The standard InChI is InChI=1S/C23H38N2O4/c1-15-7-10-17(11-8-15)20-14-19(18-12-9-16(2)21(13-18)29-3)24-25(20)22(26)5-4-6-23(27)28/h15-18,20-21H,4-14H2,1-3H3,(H,27,28). The Bertz CT molecular complexity index is 612. The summed E-state index contributed by atoms with van der Waals surface area (Å²) in [6.07, 6.45) is 9.88. The Labute approximate surface area is 175 Å². The van der Waals surface area contributed by atoms with Crippen LogP contribution in [0, 0.1) is 23.7 Å². The number of nitrogens with zero attached hydrogens (tertiary/aromatic N) is 2. The van der Waals surface area contributed by atoms with E-state index in [0.717, 1.165) is 44.4 Å². The second-order valence-corrected chi connectivity index (χ2v) is 9.63. The molecular weight excluding hydrogens is 368 g/mol. The van der Waals surface area contributed by atoms with Gasteiger partial charge >= 0.3 is 5.97 Å². The van der Waals surface area contributed by atoms with Crippen molar-refractivity contribution < 1.29 is 19.4 Å². The molecule has 0 bridgehead atoms. The van der Waals surface area contributed by atoms with E-state index in [1.54, 1.807) is 12.1 Å². The molecular formula is C23H38N2O4. The summed E-state index contributed by atoms with van der Waals surface area (Å²) in [7, 11) is 1.80. The Morgan fingerprint density at radius 3 is 2.48 bits per heavy atom. The average Bonchev–Trinajstić information content (AvgIpc) is 3.14. The highest BCUT2D eigenvalue weighted by atomic mass is 16.5. The van der Waals surface area contributed by atoms with E-state index in [1.807, 2.05) is 0 Å². The van der Waals surface area contributed by atoms with E-state index >= 15 is 0 Å². The zero-order valence-electron chi connectivity index (χ0n) is 18.3. The SMILES string of the molecule is COC1CC(C2=NN(C(=O)CCCC(=O)O)C(C3CCC(C)CC3)C2)CCC1C. The summed E-state index contributed by atoms with van der Waals surface area (Å²) >= 11 is 0. The fourth-order valence-corrected chi connectivity index (χ4v) is 5.50. The first-order chi connectivity index (χ1) is 13.9. The number of carboxylic acids is 1. The van der Waals surface area contributed by atoms with Gasteiger partial charge in [-0.05, 0) is 56.3 Å². The first-order valence-electron chi connectivity index (χ1n) is 11.5. The van der Waals surface area contributed by atoms with Crippen molar-refractivity contribution >= 4 is 17.6 Å². The summed E-state index contributed by atoms with van der Waals surface area (Å²) in [5.41, 5.74) is 1.18. The van der Waals surface area contributed by atoms with Crippen LogP contribution >= 0.6 is 0 Å². The Morgan fingerprint density at radius 1 is 1.10 bits per heavy atom. The molecule has 4 unspecified atom stereocenters. The van der Waals surface area contributed by atoms with Crippen molar-refractivity contribution in [3.05, 3.63) is 0 Å². The van der Waals surface area contributed by atoms with Crippen molar-refractivity contribution in [1.82, 2.24) is 5.01 Å². The van der Waals surface area contributed by atoms with Gasteiger partial charge in [-0.1, -0.05) is 26.7 Å². The molecule has 0 radical (unpaired) electrons. The molecule has 0 saturated heterocycles. The molecule has 3 aliphatic rings. The molecule has 29 heavy (non-hydrogen) atoms. The smallest absolute Gasteiger partial charge is 0.303 e. The molecule has 6 heteroatoms. The summed E-state index contributed by atoms with van der Waals surface area (Å²) in [6.45, 7) is 4.57. The monoisotopic (exact) mass is 406 g/mol. The molecule has 3 rings (SSSR count). The average molecular weight is 407 g/mol. The molecule has 1 N–H and O–H groups in total. The number of carbonyl (C=O) groups is 2. The Hall–Kier alpha value is -1.43. The van der Waals surface area contributed by atoms with Gasteiger partial charge in [0.1, 0.15) is 0 Å². The maximum Gasteiger partial charge on any atom is 0.303 e. The van der Waals surface area contributed by atoms with Crippen LogP contribution in [-0.2, 0) is 14.3 Å². The van der Waals surface area contributed by atoms with Crippen LogP contribution < -0.4 is 0 Å². The lowest BCUT2D eigenvalue weighted by Gasteiger charge is -2.35. The van der Waals surface area contributed by atoms with Crippen molar-refractivity contribution in [2.24, 2.45) is 28.8 Å². The number of carbonyl (C=O) groups excluding carboxylic acids is 1. The lowest BCUT2D eigenvalue weighted by Crippen LogP contribution is -2.39. The Morgan fingerprint density at radius 2 is 1.83 bits per heavy atom. The van der Waals surface area contributed by atoms with E-state index in [0.29, 0.717) is 24.2 Å². The van der Waals surface area contributed by atoms with E-state index < -0.39 is 5.97 Å². The van der Waals surface area contributed by atoms with E-state index in [9.17, 15) is 9.59 Å². The lowest BCUT2D eigenvalue weighted by molar-refractivity contribution is -0.137. The topological polar surface area (TPSA) is 79.2 Å². The van der Waals surface area contributed by atoms with Crippen LogP contribution in [0.15, 0.2) is 5.10 Å². The maximum absolute atomic E-state index is 12.9. The van der Waals surface area contributed by atoms with Gasteiger partial charge in [-0.25, -0.2) is 5.01 Å². The highest BCUT2D eigenvalue weighted by molar-refractivity contribution is 5.92. The number of ether oxygens (including phenoxy) is 1. The van der Waals surface area contributed by atoms with Gasteiger partial charge in [0.2, 0.25) is 5.91 Å². The third-order valence-electron chi connectivity index (χ3n) is 7.51. The van der Waals surface area contributed by atoms with Crippen LogP contribution in [0.5, 0.6) is 0 Å². The van der Waals surface area contributed by atoms with Gasteiger partial charge in [-0.3, -0.25) is 9.59 Å². The van der Waals surface area contributed by atoms with E-state index in [-0.39, 0.29) is 30.9 Å². The second-order valence-electron chi connectivity index (χ2n) is 9.63. The number of hydrogen-bond acceptors (Lipinski definition) is 4. The summed E-state index contributed by atoms with van der Waals surface area (Å²) in [6, 6.07) is 0.162.